The highest BCUT2D eigenvalue weighted by Crippen LogP contribution is 2.25. The van der Waals surface area contributed by atoms with Gasteiger partial charge in [-0.25, -0.2) is 0 Å². The minimum Gasteiger partial charge on any atom is -0.406 e. The summed E-state index contributed by atoms with van der Waals surface area (Å²) in [5.74, 6) is -0.823. The third kappa shape index (κ3) is 5.22. The molecule has 0 radical (unpaired) electrons. The van der Waals surface area contributed by atoms with Gasteiger partial charge in [0.1, 0.15) is 5.75 Å². The number of rotatable bonds is 4. The van der Waals surface area contributed by atoms with E-state index in [0.29, 0.717) is 36.5 Å². The molecule has 2 amide bonds. The number of alkyl halides is 3. The minimum absolute atomic E-state index is 0.0240. The molecule has 0 bridgehead atoms. The number of thiophene rings is 1. The molecule has 3 rings (SSSR count). The quantitative estimate of drug-likeness (QED) is 0.842. The molecular formula is C18H17F3N2O3S. The lowest BCUT2D eigenvalue weighted by Gasteiger charge is -2.31. The SMILES string of the molecule is O=C(Nc1ccc(OC(F)(F)F)cc1)C1CCN(C(=O)c2cccs2)CC1. The predicted molar refractivity (Wildman–Crippen MR) is 94.7 cm³/mol. The van der Waals surface area contributed by atoms with Crippen molar-refractivity contribution in [3.63, 3.8) is 0 Å². The summed E-state index contributed by atoms with van der Waals surface area (Å²) in [6.07, 6.45) is -3.67. The number of nitrogens with zero attached hydrogens (tertiary/aromatic N) is 1. The molecule has 1 fully saturated rings. The molecule has 1 saturated heterocycles. The molecule has 27 heavy (non-hydrogen) atoms. The maximum Gasteiger partial charge on any atom is 0.573 e. The Bertz CT molecular complexity index is 783. The Balaban J connectivity index is 1.50. The number of amides is 2. The van der Waals surface area contributed by atoms with Gasteiger partial charge in [-0.05, 0) is 48.6 Å². The Hall–Kier alpha value is -2.55. The van der Waals surface area contributed by atoms with Gasteiger partial charge in [-0.15, -0.1) is 24.5 Å². The average molecular weight is 398 g/mol. The molecule has 1 aromatic carbocycles. The van der Waals surface area contributed by atoms with Crippen molar-refractivity contribution in [2.45, 2.75) is 19.2 Å². The number of piperidine rings is 1. The summed E-state index contributed by atoms with van der Waals surface area (Å²) >= 11 is 1.39. The molecule has 2 heterocycles. The van der Waals surface area contributed by atoms with Crippen LogP contribution in [0.25, 0.3) is 0 Å². The summed E-state index contributed by atoms with van der Waals surface area (Å²) in [5, 5.41) is 4.54. The van der Waals surface area contributed by atoms with Gasteiger partial charge in [0.25, 0.3) is 5.91 Å². The Morgan fingerprint density at radius 2 is 1.78 bits per heavy atom. The van der Waals surface area contributed by atoms with Crippen molar-refractivity contribution in [1.82, 2.24) is 4.90 Å². The molecule has 144 valence electrons. The number of benzene rings is 1. The fourth-order valence-corrected chi connectivity index (χ4v) is 3.58. The maximum absolute atomic E-state index is 12.4. The molecule has 9 heteroatoms. The molecule has 0 spiro atoms. The second-order valence-electron chi connectivity index (χ2n) is 6.11. The Kier molecular flexibility index (Phi) is 5.69. The number of ether oxygens (including phenoxy) is 1. The van der Waals surface area contributed by atoms with Crippen molar-refractivity contribution in [3.8, 4) is 5.75 Å². The van der Waals surface area contributed by atoms with Gasteiger partial charge >= 0.3 is 6.36 Å². The van der Waals surface area contributed by atoms with Gasteiger partial charge in [-0.3, -0.25) is 9.59 Å². The summed E-state index contributed by atoms with van der Waals surface area (Å²) in [6, 6.07) is 8.60. The van der Waals surface area contributed by atoms with Crippen molar-refractivity contribution >= 4 is 28.8 Å². The van der Waals surface area contributed by atoms with E-state index >= 15 is 0 Å². The van der Waals surface area contributed by atoms with Crippen LogP contribution in [0.5, 0.6) is 5.75 Å². The van der Waals surface area contributed by atoms with Crippen molar-refractivity contribution in [2.75, 3.05) is 18.4 Å². The number of likely N-dealkylation sites (tertiary alicyclic amines) is 1. The topological polar surface area (TPSA) is 58.6 Å². The fourth-order valence-electron chi connectivity index (χ4n) is 2.89. The lowest BCUT2D eigenvalue weighted by Crippen LogP contribution is -2.41. The number of halogens is 3. The molecule has 1 aliphatic heterocycles. The average Bonchev–Trinajstić information content (AvgIpc) is 3.16. The third-order valence-corrected chi connectivity index (χ3v) is 5.10. The molecule has 1 aliphatic rings. The summed E-state index contributed by atoms with van der Waals surface area (Å²) in [6.45, 7) is 0.986. The normalized spacial score (nSPS) is 15.4. The number of anilines is 1. The minimum atomic E-state index is -4.75. The number of hydrogen-bond acceptors (Lipinski definition) is 4. The molecule has 1 N–H and O–H groups in total. The zero-order valence-electron chi connectivity index (χ0n) is 14.2. The predicted octanol–water partition coefficient (Wildman–Crippen LogP) is 4.14. The van der Waals surface area contributed by atoms with Gasteiger partial charge in [0, 0.05) is 24.7 Å². The van der Waals surface area contributed by atoms with Gasteiger partial charge in [0.05, 0.1) is 4.88 Å². The van der Waals surface area contributed by atoms with Crippen molar-refractivity contribution in [1.29, 1.82) is 0 Å². The second-order valence-corrected chi connectivity index (χ2v) is 7.05. The summed E-state index contributed by atoms with van der Waals surface area (Å²) in [7, 11) is 0. The van der Waals surface area contributed by atoms with Crippen LogP contribution in [0, 0.1) is 5.92 Å². The molecule has 2 aromatic rings. The maximum atomic E-state index is 12.4. The zero-order valence-corrected chi connectivity index (χ0v) is 15.0. The van der Waals surface area contributed by atoms with E-state index in [1.807, 2.05) is 11.4 Å². The Labute approximate surface area is 157 Å². The summed E-state index contributed by atoms with van der Waals surface area (Å²) in [5.41, 5.74) is 0.395. The van der Waals surface area contributed by atoms with Crippen LogP contribution in [0.1, 0.15) is 22.5 Å². The highest BCUT2D eigenvalue weighted by Gasteiger charge is 2.31. The first-order valence-corrected chi connectivity index (χ1v) is 9.19. The molecule has 0 unspecified atom stereocenters. The van der Waals surface area contributed by atoms with E-state index in [9.17, 15) is 22.8 Å². The number of carbonyl (C=O) groups excluding carboxylic acids is 2. The van der Waals surface area contributed by atoms with Crippen LogP contribution >= 0.6 is 11.3 Å². The molecule has 1 aromatic heterocycles. The number of hydrogen-bond donors (Lipinski definition) is 1. The van der Waals surface area contributed by atoms with E-state index in [1.165, 1.54) is 23.5 Å². The fraction of sp³-hybridized carbons (Fsp3) is 0.333. The summed E-state index contributed by atoms with van der Waals surface area (Å²) < 4.78 is 40.3. The first kappa shape index (κ1) is 19.2. The van der Waals surface area contributed by atoms with Gasteiger partial charge in [0.15, 0.2) is 0 Å². The summed E-state index contributed by atoms with van der Waals surface area (Å²) in [4.78, 5) is 27.1. The molecule has 5 nitrogen and oxygen atoms in total. The van der Waals surface area contributed by atoms with E-state index in [1.54, 1.807) is 11.0 Å². The smallest absolute Gasteiger partial charge is 0.406 e. The number of nitrogens with one attached hydrogen (secondary N) is 1. The van der Waals surface area contributed by atoms with Gasteiger partial charge in [-0.1, -0.05) is 6.07 Å². The molecular weight excluding hydrogens is 381 g/mol. The van der Waals surface area contributed by atoms with E-state index < -0.39 is 6.36 Å². The lowest BCUT2D eigenvalue weighted by molar-refractivity contribution is -0.274. The van der Waals surface area contributed by atoms with Gasteiger partial charge < -0.3 is 15.0 Å². The second kappa shape index (κ2) is 7.99. The van der Waals surface area contributed by atoms with E-state index in [2.05, 4.69) is 10.1 Å². The number of carbonyl (C=O) groups is 2. The van der Waals surface area contributed by atoms with Crippen molar-refractivity contribution in [3.05, 3.63) is 46.7 Å². The van der Waals surface area contributed by atoms with Crippen LogP contribution in [-0.4, -0.2) is 36.2 Å². The van der Waals surface area contributed by atoms with Crippen molar-refractivity contribution in [2.24, 2.45) is 5.92 Å². The Morgan fingerprint density at radius 1 is 1.11 bits per heavy atom. The molecule has 0 aliphatic carbocycles. The first-order valence-electron chi connectivity index (χ1n) is 8.31. The van der Waals surface area contributed by atoms with Gasteiger partial charge in [-0.2, -0.15) is 0 Å². The van der Waals surface area contributed by atoms with Crippen LogP contribution in [0.4, 0.5) is 18.9 Å². The lowest BCUT2D eigenvalue weighted by atomic mass is 9.95. The van der Waals surface area contributed by atoms with Crippen LogP contribution < -0.4 is 10.1 Å². The van der Waals surface area contributed by atoms with Crippen LogP contribution in [0.15, 0.2) is 41.8 Å². The van der Waals surface area contributed by atoms with Gasteiger partial charge in [0.2, 0.25) is 5.91 Å². The first-order chi connectivity index (χ1) is 12.8. The standard InChI is InChI=1S/C18H17F3N2O3S/c19-18(20,21)26-14-5-3-13(4-6-14)22-16(24)12-7-9-23(10-8-12)17(25)15-2-1-11-27-15/h1-6,11-12H,7-10H2,(H,22,24). The highest BCUT2D eigenvalue weighted by atomic mass is 32.1. The monoisotopic (exact) mass is 398 g/mol. The zero-order chi connectivity index (χ0) is 19.4. The van der Waals surface area contributed by atoms with Crippen LogP contribution in [0.3, 0.4) is 0 Å². The van der Waals surface area contributed by atoms with E-state index in [-0.39, 0.29) is 23.5 Å². The van der Waals surface area contributed by atoms with E-state index in [0.717, 1.165) is 12.1 Å². The largest absolute Gasteiger partial charge is 0.573 e. The van der Waals surface area contributed by atoms with Crippen molar-refractivity contribution < 1.29 is 27.5 Å². The van der Waals surface area contributed by atoms with Crippen LogP contribution in [0.2, 0.25) is 0 Å². The Morgan fingerprint density at radius 3 is 2.33 bits per heavy atom. The third-order valence-electron chi connectivity index (χ3n) is 4.24. The van der Waals surface area contributed by atoms with Crippen LogP contribution in [-0.2, 0) is 4.79 Å². The molecule has 0 saturated carbocycles. The molecule has 0 atom stereocenters. The highest BCUT2D eigenvalue weighted by molar-refractivity contribution is 7.12. The van der Waals surface area contributed by atoms with E-state index in [4.69, 9.17) is 0 Å².